The highest BCUT2D eigenvalue weighted by Crippen LogP contribution is 2.30. The van der Waals surface area contributed by atoms with Gasteiger partial charge in [0, 0.05) is 6.04 Å². The van der Waals surface area contributed by atoms with E-state index in [9.17, 15) is 14.4 Å². The smallest absolute Gasteiger partial charge is 0.307 e. The fourth-order valence-electron chi connectivity index (χ4n) is 3.96. The van der Waals surface area contributed by atoms with Crippen LogP contribution < -0.4 is 4.90 Å². The zero-order chi connectivity index (χ0) is 18.0. The molecule has 0 aliphatic carbocycles. The van der Waals surface area contributed by atoms with E-state index in [1.807, 2.05) is 0 Å². The lowest BCUT2D eigenvalue weighted by molar-refractivity contribution is -0.136. The van der Waals surface area contributed by atoms with Crippen molar-refractivity contribution in [1.82, 2.24) is 4.90 Å². The quantitative estimate of drug-likeness (QED) is 0.829. The van der Waals surface area contributed by atoms with Gasteiger partial charge in [0.2, 0.25) is 5.91 Å². The third-order valence-corrected chi connectivity index (χ3v) is 5.22. The molecule has 1 aromatic carbocycles. The van der Waals surface area contributed by atoms with Crippen molar-refractivity contribution in [3.63, 3.8) is 0 Å². The van der Waals surface area contributed by atoms with Gasteiger partial charge in [0.05, 0.1) is 24.6 Å². The molecule has 0 bridgehead atoms. The van der Waals surface area contributed by atoms with E-state index >= 15 is 0 Å². The van der Waals surface area contributed by atoms with Crippen molar-refractivity contribution in [3.05, 3.63) is 29.8 Å². The minimum Gasteiger partial charge on any atom is -0.481 e. The van der Waals surface area contributed by atoms with Gasteiger partial charge in [-0.25, -0.2) is 4.90 Å². The van der Waals surface area contributed by atoms with E-state index in [0.717, 1.165) is 25.8 Å². The summed E-state index contributed by atoms with van der Waals surface area (Å²) < 4.78 is 0. The fourth-order valence-corrected chi connectivity index (χ4v) is 3.96. The summed E-state index contributed by atoms with van der Waals surface area (Å²) in [7, 11) is 0. The summed E-state index contributed by atoms with van der Waals surface area (Å²) in [5, 5.41) is 8.83. The molecule has 2 unspecified atom stereocenters. The molecular formula is C19H24N2O4. The van der Waals surface area contributed by atoms with Crippen LogP contribution in [0.2, 0.25) is 0 Å². The molecule has 2 heterocycles. The number of likely N-dealkylation sites (tertiary alicyclic amines) is 1. The lowest BCUT2D eigenvalue weighted by Crippen LogP contribution is -2.49. The Kier molecular flexibility index (Phi) is 5.18. The molecule has 3 rings (SSSR count). The second kappa shape index (κ2) is 7.35. The first kappa shape index (κ1) is 17.6. The number of amides is 2. The zero-order valence-corrected chi connectivity index (χ0v) is 14.5. The number of carbonyl (C=O) groups excluding carboxylic acids is 2. The summed E-state index contributed by atoms with van der Waals surface area (Å²) >= 11 is 0. The number of carboxylic acid groups (broad SMARTS) is 1. The molecule has 2 saturated heterocycles. The zero-order valence-electron chi connectivity index (χ0n) is 14.5. The van der Waals surface area contributed by atoms with Crippen LogP contribution in [0.15, 0.2) is 24.3 Å². The number of carbonyl (C=O) groups is 3. The Morgan fingerprint density at radius 3 is 2.56 bits per heavy atom. The Balaban J connectivity index is 1.78. The van der Waals surface area contributed by atoms with Gasteiger partial charge in [0.15, 0.2) is 0 Å². The van der Waals surface area contributed by atoms with Crippen molar-refractivity contribution in [1.29, 1.82) is 0 Å². The predicted molar refractivity (Wildman–Crippen MR) is 93.3 cm³/mol. The second-order valence-electron chi connectivity index (χ2n) is 6.82. The Bertz CT molecular complexity index is 671. The highest BCUT2D eigenvalue weighted by Gasteiger charge is 2.44. The van der Waals surface area contributed by atoms with E-state index < -0.39 is 5.97 Å². The van der Waals surface area contributed by atoms with E-state index in [0.29, 0.717) is 17.3 Å². The van der Waals surface area contributed by atoms with Crippen LogP contribution in [0.4, 0.5) is 5.69 Å². The Morgan fingerprint density at radius 1 is 1.20 bits per heavy atom. The number of aliphatic carboxylic acids is 1. The largest absolute Gasteiger partial charge is 0.481 e. The molecule has 0 saturated carbocycles. The molecule has 25 heavy (non-hydrogen) atoms. The van der Waals surface area contributed by atoms with Gasteiger partial charge in [0.1, 0.15) is 0 Å². The molecule has 2 aliphatic rings. The minimum atomic E-state index is -0.906. The number of hydrogen-bond acceptors (Lipinski definition) is 4. The molecule has 0 aromatic heterocycles. The second-order valence-corrected chi connectivity index (χ2v) is 6.82. The van der Waals surface area contributed by atoms with E-state index in [-0.39, 0.29) is 30.7 Å². The van der Waals surface area contributed by atoms with E-state index in [4.69, 9.17) is 5.11 Å². The van der Waals surface area contributed by atoms with Gasteiger partial charge < -0.3 is 5.11 Å². The number of anilines is 1. The molecular weight excluding hydrogens is 320 g/mol. The third-order valence-electron chi connectivity index (χ3n) is 5.22. The summed E-state index contributed by atoms with van der Waals surface area (Å²) in [5.74, 6) is -1.24. The van der Waals surface area contributed by atoms with E-state index in [2.05, 4.69) is 11.8 Å². The molecule has 2 atom stereocenters. The maximum Gasteiger partial charge on any atom is 0.307 e. The fraction of sp³-hybridized carbons (Fsp3) is 0.526. The van der Waals surface area contributed by atoms with Crippen LogP contribution in [0, 0.1) is 0 Å². The number of hydrogen-bond donors (Lipinski definition) is 1. The highest BCUT2D eigenvalue weighted by atomic mass is 16.4. The lowest BCUT2D eigenvalue weighted by Gasteiger charge is -2.38. The molecule has 2 fully saturated rings. The molecule has 134 valence electrons. The molecule has 6 nitrogen and oxygen atoms in total. The Labute approximate surface area is 147 Å². The standard InChI is InChI=1S/C19H24N2O4/c1-2-14-5-3-4-10-20(14)16-12-17(22)21(19(16)25)15-8-6-13(7-9-15)11-18(23)24/h6-9,14,16H,2-5,10-12H2,1H3,(H,23,24). The molecule has 2 amide bonds. The van der Waals surface area contributed by atoms with Crippen LogP contribution in [0.1, 0.15) is 44.6 Å². The summed E-state index contributed by atoms with van der Waals surface area (Å²) in [5.41, 5.74) is 1.17. The van der Waals surface area contributed by atoms with Gasteiger partial charge in [-0.05, 0) is 43.5 Å². The Morgan fingerprint density at radius 2 is 1.92 bits per heavy atom. The summed E-state index contributed by atoms with van der Waals surface area (Å²) in [4.78, 5) is 39.6. The molecule has 0 spiro atoms. The van der Waals surface area contributed by atoms with Crippen molar-refractivity contribution < 1.29 is 19.5 Å². The van der Waals surface area contributed by atoms with Crippen LogP contribution >= 0.6 is 0 Å². The minimum absolute atomic E-state index is 0.0727. The number of nitrogens with zero attached hydrogens (tertiary/aromatic N) is 2. The summed E-state index contributed by atoms with van der Waals surface area (Å²) in [6.45, 7) is 3.00. The lowest BCUT2D eigenvalue weighted by atomic mass is 9.97. The molecule has 2 aliphatic heterocycles. The first-order chi connectivity index (χ1) is 12.0. The molecule has 0 radical (unpaired) electrons. The van der Waals surface area contributed by atoms with Crippen molar-refractivity contribution in [2.75, 3.05) is 11.4 Å². The highest BCUT2D eigenvalue weighted by molar-refractivity contribution is 6.22. The van der Waals surface area contributed by atoms with Gasteiger partial charge >= 0.3 is 5.97 Å². The first-order valence-corrected chi connectivity index (χ1v) is 8.94. The average molecular weight is 344 g/mol. The van der Waals surface area contributed by atoms with E-state index in [1.165, 1.54) is 11.3 Å². The van der Waals surface area contributed by atoms with Gasteiger partial charge in [-0.15, -0.1) is 0 Å². The van der Waals surface area contributed by atoms with Crippen LogP contribution in [0.25, 0.3) is 0 Å². The maximum absolute atomic E-state index is 12.9. The van der Waals surface area contributed by atoms with Gasteiger partial charge in [-0.3, -0.25) is 19.3 Å². The van der Waals surface area contributed by atoms with Crippen LogP contribution in [-0.4, -0.2) is 46.4 Å². The van der Waals surface area contributed by atoms with Crippen LogP contribution in [0.5, 0.6) is 0 Å². The van der Waals surface area contributed by atoms with Crippen molar-refractivity contribution in [2.24, 2.45) is 0 Å². The van der Waals surface area contributed by atoms with Crippen LogP contribution in [-0.2, 0) is 20.8 Å². The number of piperidine rings is 1. The number of benzene rings is 1. The predicted octanol–water partition coefficient (Wildman–Crippen LogP) is 2.21. The summed E-state index contributed by atoms with van der Waals surface area (Å²) in [6, 6.07) is 6.64. The number of imide groups is 1. The molecule has 1 aromatic rings. The number of rotatable bonds is 5. The summed E-state index contributed by atoms with van der Waals surface area (Å²) in [6.07, 6.45) is 4.47. The average Bonchev–Trinajstić information content (AvgIpc) is 2.89. The van der Waals surface area contributed by atoms with Crippen molar-refractivity contribution in [3.8, 4) is 0 Å². The Hall–Kier alpha value is -2.21. The van der Waals surface area contributed by atoms with Crippen LogP contribution in [0.3, 0.4) is 0 Å². The number of carboxylic acids is 1. The first-order valence-electron chi connectivity index (χ1n) is 8.94. The van der Waals surface area contributed by atoms with Gasteiger partial charge in [-0.2, -0.15) is 0 Å². The maximum atomic E-state index is 12.9. The van der Waals surface area contributed by atoms with E-state index in [1.54, 1.807) is 24.3 Å². The van der Waals surface area contributed by atoms with Gasteiger partial charge in [-0.1, -0.05) is 25.5 Å². The topological polar surface area (TPSA) is 77.9 Å². The molecule has 1 N–H and O–H groups in total. The monoisotopic (exact) mass is 344 g/mol. The van der Waals surface area contributed by atoms with Crippen molar-refractivity contribution in [2.45, 2.75) is 57.5 Å². The normalized spacial score (nSPS) is 24.8. The third kappa shape index (κ3) is 3.58. The SMILES string of the molecule is CCC1CCCCN1C1CC(=O)N(c2ccc(CC(=O)O)cc2)C1=O. The molecule has 6 heteroatoms. The van der Waals surface area contributed by atoms with Crippen molar-refractivity contribution >= 4 is 23.5 Å². The van der Waals surface area contributed by atoms with Gasteiger partial charge in [0.25, 0.3) is 5.91 Å².